The number of hydrogen-bond donors (Lipinski definition) is 1. The number of carbonyl (C=O) groups excluding carboxylic acids is 1. The molecule has 5 nitrogen and oxygen atoms in total. The van der Waals surface area contributed by atoms with Gasteiger partial charge in [0.25, 0.3) is 6.43 Å². The highest BCUT2D eigenvalue weighted by Crippen LogP contribution is 2.41. The third-order valence-electron chi connectivity index (χ3n) is 4.79. The molecule has 1 N–H and O–H groups in total. The van der Waals surface area contributed by atoms with E-state index in [0.29, 0.717) is 28.1 Å². The van der Waals surface area contributed by atoms with Crippen molar-refractivity contribution in [2.75, 3.05) is 5.32 Å². The van der Waals surface area contributed by atoms with Gasteiger partial charge in [-0.3, -0.25) is 4.79 Å². The lowest BCUT2D eigenvalue weighted by Crippen LogP contribution is -2.20. The molecule has 0 spiro atoms. The lowest BCUT2D eigenvalue weighted by atomic mass is 10.1. The van der Waals surface area contributed by atoms with Crippen LogP contribution in [0.1, 0.15) is 47.7 Å². The fourth-order valence-corrected chi connectivity index (χ4v) is 3.25. The Kier molecular flexibility index (Phi) is 4.37. The van der Waals surface area contributed by atoms with Crippen LogP contribution in [0.3, 0.4) is 0 Å². The molecule has 0 unspecified atom stereocenters. The minimum absolute atomic E-state index is 0.0513. The summed E-state index contributed by atoms with van der Waals surface area (Å²) in [5, 5.41) is 7.46. The number of hydrogen-bond acceptors (Lipinski definition) is 3. The maximum atomic E-state index is 13.6. The quantitative estimate of drug-likeness (QED) is 0.719. The Bertz CT molecular complexity index is 1010. The molecule has 4 rings (SSSR count). The first-order valence-corrected chi connectivity index (χ1v) is 8.95. The number of anilines is 1. The van der Waals surface area contributed by atoms with E-state index >= 15 is 0 Å². The Morgan fingerprint density at radius 3 is 2.59 bits per heavy atom. The van der Waals surface area contributed by atoms with Gasteiger partial charge < -0.3 is 5.32 Å². The number of fused-ring (bicyclic) bond motifs is 1. The average Bonchev–Trinajstić information content (AvgIpc) is 3.42. The third-order valence-corrected chi connectivity index (χ3v) is 4.79. The summed E-state index contributed by atoms with van der Waals surface area (Å²) in [5.74, 6) is -0.0441. The number of benzene rings is 1. The first-order valence-electron chi connectivity index (χ1n) is 8.95. The predicted molar refractivity (Wildman–Crippen MR) is 99.0 cm³/mol. The Balaban J connectivity index is 1.67. The van der Waals surface area contributed by atoms with Crippen LogP contribution < -0.4 is 5.32 Å². The zero-order chi connectivity index (χ0) is 19.1. The van der Waals surface area contributed by atoms with Crippen LogP contribution in [0.5, 0.6) is 0 Å². The fourth-order valence-electron chi connectivity index (χ4n) is 3.25. The van der Waals surface area contributed by atoms with Gasteiger partial charge in [-0.15, -0.1) is 0 Å². The summed E-state index contributed by atoms with van der Waals surface area (Å²) < 4.78 is 28.6. The summed E-state index contributed by atoms with van der Waals surface area (Å²) >= 11 is 0. The lowest BCUT2D eigenvalue weighted by Gasteiger charge is -2.09. The van der Waals surface area contributed by atoms with Crippen molar-refractivity contribution in [1.29, 1.82) is 0 Å². The van der Waals surface area contributed by atoms with E-state index in [2.05, 4.69) is 15.4 Å². The Morgan fingerprint density at radius 1 is 1.26 bits per heavy atom. The first-order chi connectivity index (χ1) is 12.9. The molecule has 3 aromatic rings. The van der Waals surface area contributed by atoms with E-state index in [1.165, 1.54) is 10.7 Å². The number of nitrogens with one attached hydrogen (secondary N) is 1. The highest BCUT2D eigenvalue weighted by atomic mass is 19.3. The molecule has 2 aromatic heterocycles. The normalized spacial score (nSPS) is 14.1. The molecule has 27 heavy (non-hydrogen) atoms. The van der Waals surface area contributed by atoms with Crippen molar-refractivity contribution in [3.63, 3.8) is 0 Å². The number of carbonyl (C=O) groups is 1. The summed E-state index contributed by atoms with van der Waals surface area (Å²) in [6, 6.07) is 8.94. The number of aryl methyl sites for hydroxylation is 2. The van der Waals surface area contributed by atoms with Crippen LogP contribution in [-0.4, -0.2) is 20.7 Å². The lowest BCUT2D eigenvalue weighted by molar-refractivity contribution is -0.116. The minimum Gasteiger partial charge on any atom is -0.324 e. The summed E-state index contributed by atoms with van der Waals surface area (Å²) in [6.07, 6.45) is -0.685. The van der Waals surface area contributed by atoms with Gasteiger partial charge in [-0.05, 0) is 44.9 Å². The second kappa shape index (κ2) is 6.72. The molecular weight excluding hydrogens is 350 g/mol. The molecule has 1 aliphatic rings. The van der Waals surface area contributed by atoms with Gasteiger partial charge in [0, 0.05) is 22.9 Å². The first kappa shape index (κ1) is 17.6. The van der Waals surface area contributed by atoms with E-state index in [-0.39, 0.29) is 23.9 Å². The molecule has 0 radical (unpaired) electrons. The molecule has 1 amide bonds. The van der Waals surface area contributed by atoms with Gasteiger partial charge in [0.2, 0.25) is 5.91 Å². The van der Waals surface area contributed by atoms with Gasteiger partial charge >= 0.3 is 0 Å². The van der Waals surface area contributed by atoms with Gasteiger partial charge in [-0.25, -0.2) is 18.4 Å². The molecule has 0 atom stereocenters. The van der Waals surface area contributed by atoms with Crippen molar-refractivity contribution in [3.05, 3.63) is 52.8 Å². The zero-order valence-electron chi connectivity index (χ0n) is 15.2. The van der Waals surface area contributed by atoms with E-state index in [0.717, 1.165) is 18.4 Å². The molecule has 1 saturated carbocycles. The third kappa shape index (κ3) is 3.54. The van der Waals surface area contributed by atoms with Crippen LogP contribution in [0.25, 0.3) is 11.0 Å². The number of rotatable bonds is 5. The van der Waals surface area contributed by atoms with Gasteiger partial charge in [0.1, 0.15) is 6.54 Å². The maximum absolute atomic E-state index is 13.6. The Morgan fingerprint density at radius 2 is 1.96 bits per heavy atom. The Labute approximate surface area is 155 Å². The molecule has 1 aliphatic carbocycles. The van der Waals surface area contributed by atoms with Crippen molar-refractivity contribution >= 4 is 22.6 Å². The molecule has 0 bridgehead atoms. The maximum Gasteiger partial charge on any atom is 0.264 e. The molecule has 0 aliphatic heterocycles. The average molecular weight is 370 g/mol. The molecule has 0 saturated heterocycles. The van der Waals surface area contributed by atoms with Crippen molar-refractivity contribution in [3.8, 4) is 0 Å². The number of amides is 1. The topological polar surface area (TPSA) is 59.8 Å². The second-order valence-electron chi connectivity index (χ2n) is 7.07. The number of nitrogens with zero attached hydrogens (tertiary/aromatic N) is 3. The van der Waals surface area contributed by atoms with Crippen LogP contribution in [-0.2, 0) is 11.3 Å². The van der Waals surface area contributed by atoms with Crippen molar-refractivity contribution < 1.29 is 13.6 Å². The SMILES string of the molecule is Cc1ccc(NC(=O)Cn2nc(C)c3c(C(F)F)cc(C4CC4)nc32)cc1. The van der Waals surface area contributed by atoms with E-state index in [4.69, 9.17) is 0 Å². The van der Waals surface area contributed by atoms with Crippen molar-refractivity contribution in [1.82, 2.24) is 14.8 Å². The van der Waals surface area contributed by atoms with Crippen molar-refractivity contribution in [2.45, 2.75) is 45.6 Å². The van der Waals surface area contributed by atoms with E-state index in [9.17, 15) is 13.6 Å². The van der Waals surface area contributed by atoms with Gasteiger partial charge in [-0.2, -0.15) is 5.10 Å². The van der Waals surface area contributed by atoms with E-state index < -0.39 is 6.43 Å². The van der Waals surface area contributed by atoms with Crippen LogP contribution in [0.2, 0.25) is 0 Å². The molecular formula is C20H20F2N4O. The van der Waals surface area contributed by atoms with Crippen molar-refractivity contribution in [2.24, 2.45) is 0 Å². The van der Waals surface area contributed by atoms with Gasteiger partial charge in [0.05, 0.1) is 11.1 Å². The summed E-state index contributed by atoms with van der Waals surface area (Å²) in [6.45, 7) is 3.55. The van der Waals surface area contributed by atoms with Crippen LogP contribution in [0, 0.1) is 13.8 Å². The number of halogens is 2. The summed E-state index contributed by atoms with van der Waals surface area (Å²) in [5.41, 5.74) is 3.20. The highest BCUT2D eigenvalue weighted by Gasteiger charge is 2.29. The standard InChI is InChI=1S/C20H20F2N4O/c1-11-3-7-14(8-4-11)23-17(27)10-26-20-18(12(2)25-26)15(19(21)22)9-16(24-20)13-5-6-13/h3-4,7-9,13,19H,5-6,10H2,1-2H3,(H,23,27). The molecule has 140 valence electrons. The fraction of sp³-hybridized carbons (Fsp3) is 0.350. The summed E-state index contributed by atoms with van der Waals surface area (Å²) in [7, 11) is 0. The monoisotopic (exact) mass is 370 g/mol. The number of aromatic nitrogens is 3. The molecule has 2 heterocycles. The smallest absolute Gasteiger partial charge is 0.264 e. The van der Waals surface area contributed by atoms with Gasteiger partial charge in [-0.1, -0.05) is 17.7 Å². The number of pyridine rings is 1. The van der Waals surface area contributed by atoms with E-state index in [1.807, 2.05) is 31.2 Å². The number of alkyl halides is 2. The largest absolute Gasteiger partial charge is 0.324 e. The minimum atomic E-state index is -2.61. The van der Waals surface area contributed by atoms with E-state index in [1.54, 1.807) is 6.92 Å². The molecule has 1 aromatic carbocycles. The van der Waals surface area contributed by atoms with Crippen LogP contribution in [0.4, 0.5) is 14.5 Å². The highest BCUT2D eigenvalue weighted by molar-refractivity contribution is 5.92. The predicted octanol–water partition coefficient (Wildman–Crippen LogP) is 4.50. The van der Waals surface area contributed by atoms with Crippen LogP contribution >= 0.6 is 0 Å². The molecule has 7 heteroatoms. The second-order valence-corrected chi connectivity index (χ2v) is 7.07. The summed E-state index contributed by atoms with van der Waals surface area (Å²) in [4.78, 5) is 17.0. The Hall–Kier alpha value is -2.83. The zero-order valence-corrected chi connectivity index (χ0v) is 15.2. The van der Waals surface area contributed by atoms with Gasteiger partial charge in [0.15, 0.2) is 5.65 Å². The van der Waals surface area contributed by atoms with Crippen LogP contribution in [0.15, 0.2) is 30.3 Å². The molecule has 1 fully saturated rings.